The van der Waals surface area contributed by atoms with Crippen LogP contribution in [0.3, 0.4) is 0 Å². The van der Waals surface area contributed by atoms with Crippen molar-refractivity contribution in [3.05, 3.63) is 112 Å². The minimum absolute atomic E-state index is 0.154. The highest BCUT2D eigenvalue weighted by molar-refractivity contribution is 6.30. The average Bonchev–Trinajstić information content (AvgIpc) is 3.01. The number of aliphatic hydroxyl groups excluding tert-OH is 1. The number of carboxylic acids is 1. The van der Waals surface area contributed by atoms with Crippen molar-refractivity contribution >= 4 is 29.1 Å². The number of carbonyl (C=O) groups is 2. The summed E-state index contributed by atoms with van der Waals surface area (Å²) in [5, 5.41) is 20.5. The summed E-state index contributed by atoms with van der Waals surface area (Å²) in [6, 6.07) is 22.2. The Morgan fingerprint density at radius 1 is 0.933 bits per heavy atom. The van der Waals surface area contributed by atoms with Gasteiger partial charge in [-0.25, -0.2) is 4.79 Å². The highest BCUT2D eigenvalue weighted by Crippen LogP contribution is 2.43. The zero-order chi connectivity index (χ0) is 21.3. The van der Waals surface area contributed by atoms with Gasteiger partial charge >= 0.3 is 5.97 Å². The molecular weight excluding hydrogens is 402 g/mol. The number of hydrogen-bond donors (Lipinski definition) is 2. The zero-order valence-corrected chi connectivity index (χ0v) is 16.6. The van der Waals surface area contributed by atoms with Crippen molar-refractivity contribution in [3.63, 3.8) is 0 Å². The molecule has 0 unspecified atom stereocenters. The van der Waals surface area contributed by atoms with E-state index in [1.807, 2.05) is 42.5 Å². The first-order valence-corrected chi connectivity index (χ1v) is 9.70. The van der Waals surface area contributed by atoms with Crippen LogP contribution >= 0.6 is 11.6 Å². The summed E-state index contributed by atoms with van der Waals surface area (Å²) >= 11 is 5.97. The molecule has 1 amide bonds. The molecule has 0 saturated heterocycles. The third-order valence-corrected chi connectivity index (χ3v) is 5.38. The Balaban J connectivity index is 1.79. The van der Waals surface area contributed by atoms with Gasteiger partial charge in [0.05, 0.1) is 11.6 Å². The third-order valence-electron chi connectivity index (χ3n) is 5.13. The maximum absolute atomic E-state index is 13.0. The van der Waals surface area contributed by atoms with Gasteiger partial charge in [-0.05, 0) is 41.0 Å². The monoisotopic (exact) mass is 419 g/mol. The number of aromatic carboxylic acids is 1. The van der Waals surface area contributed by atoms with Crippen LogP contribution in [-0.4, -0.2) is 27.0 Å². The molecule has 1 heterocycles. The molecule has 1 aliphatic heterocycles. The third kappa shape index (κ3) is 3.67. The number of hydrogen-bond acceptors (Lipinski definition) is 3. The van der Waals surface area contributed by atoms with E-state index >= 15 is 0 Å². The minimum Gasteiger partial charge on any atom is -0.503 e. The molecule has 0 saturated carbocycles. The van der Waals surface area contributed by atoms with Gasteiger partial charge in [-0.3, -0.25) is 4.79 Å². The lowest BCUT2D eigenvalue weighted by atomic mass is 9.93. The van der Waals surface area contributed by atoms with Crippen LogP contribution in [0.2, 0.25) is 5.02 Å². The number of amides is 1. The summed E-state index contributed by atoms with van der Waals surface area (Å²) in [5.41, 5.74) is 2.96. The second kappa shape index (κ2) is 8.05. The van der Waals surface area contributed by atoms with Crippen LogP contribution in [-0.2, 0) is 11.3 Å². The second-order valence-electron chi connectivity index (χ2n) is 7.02. The second-order valence-corrected chi connectivity index (χ2v) is 7.45. The number of nitrogens with zero attached hydrogens (tertiary/aromatic N) is 1. The van der Waals surface area contributed by atoms with Gasteiger partial charge in [0.2, 0.25) is 0 Å². The molecule has 150 valence electrons. The minimum atomic E-state index is -1.02. The van der Waals surface area contributed by atoms with E-state index in [4.69, 9.17) is 11.6 Å². The van der Waals surface area contributed by atoms with E-state index in [1.54, 1.807) is 29.2 Å². The molecular formula is C24H18ClNO4. The standard InChI is InChI=1S/C24H18ClNO4/c25-19-12-6-15(7-13-19)14-26-21(17-8-10-18(11-9-17)24(29)30)20(22(27)23(26)28)16-4-2-1-3-5-16/h1-13,21,27H,14H2,(H,29,30)/t21-/m0/s1. The first-order chi connectivity index (χ1) is 14.5. The zero-order valence-electron chi connectivity index (χ0n) is 15.8. The van der Waals surface area contributed by atoms with E-state index in [0.717, 1.165) is 11.1 Å². The number of aliphatic hydroxyl groups is 1. The quantitative estimate of drug-likeness (QED) is 0.603. The molecule has 0 fully saturated rings. The molecule has 1 atom stereocenters. The van der Waals surface area contributed by atoms with Crippen molar-refractivity contribution in [2.45, 2.75) is 12.6 Å². The lowest BCUT2D eigenvalue weighted by Gasteiger charge is -2.27. The van der Waals surface area contributed by atoms with Crippen LogP contribution in [0.15, 0.2) is 84.6 Å². The first-order valence-electron chi connectivity index (χ1n) is 9.33. The van der Waals surface area contributed by atoms with E-state index in [9.17, 15) is 19.8 Å². The Kier molecular flexibility index (Phi) is 5.29. The number of carboxylic acid groups (broad SMARTS) is 1. The Bertz CT molecular complexity index is 1120. The van der Waals surface area contributed by atoms with Crippen LogP contribution in [0.1, 0.15) is 33.1 Å². The van der Waals surface area contributed by atoms with Crippen LogP contribution in [0.25, 0.3) is 5.57 Å². The molecule has 0 radical (unpaired) electrons. The normalized spacial score (nSPS) is 16.2. The van der Waals surface area contributed by atoms with E-state index in [-0.39, 0.29) is 17.9 Å². The Morgan fingerprint density at radius 3 is 2.17 bits per heavy atom. The molecule has 30 heavy (non-hydrogen) atoms. The Hall–Kier alpha value is -3.57. The Morgan fingerprint density at radius 2 is 1.57 bits per heavy atom. The molecule has 5 nitrogen and oxygen atoms in total. The summed E-state index contributed by atoms with van der Waals surface area (Å²) in [6.45, 7) is 0.266. The first kappa shape index (κ1) is 19.7. The molecule has 0 aromatic heterocycles. The summed E-state index contributed by atoms with van der Waals surface area (Å²) < 4.78 is 0. The van der Waals surface area contributed by atoms with Gasteiger partial charge in [-0.1, -0.05) is 66.2 Å². The van der Waals surface area contributed by atoms with Gasteiger partial charge in [-0.15, -0.1) is 0 Å². The molecule has 0 spiro atoms. The van der Waals surface area contributed by atoms with Crippen molar-refractivity contribution in [2.24, 2.45) is 0 Å². The van der Waals surface area contributed by atoms with E-state index < -0.39 is 17.9 Å². The largest absolute Gasteiger partial charge is 0.503 e. The van der Waals surface area contributed by atoms with Crippen LogP contribution in [0.5, 0.6) is 0 Å². The molecule has 0 aliphatic carbocycles. The van der Waals surface area contributed by atoms with Gasteiger partial charge in [0.15, 0.2) is 5.76 Å². The molecule has 2 N–H and O–H groups in total. The van der Waals surface area contributed by atoms with Crippen molar-refractivity contribution in [2.75, 3.05) is 0 Å². The van der Waals surface area contributed by atoms with Crippen LogP contribution < -0.4 is 0 Å². The van der Waals surface area contributed by atoms with Crippen molar-refractivity contribution in [1.82, 2.24) is 4.90 Å². The smallest absolute Gasteiger partial charge is 0.335 e. The SMILES string of the molecule is O=C(O)c1ccc([C@H]2C(c3ccccc3)=C(O)C(=O)N2Cc2ccc(Cl)cc2)cc1. The van der Waals surface area contributed by atoms with Gasteiger partial charge in [0.1, 0.15) is 0 Å². The van der Waals surface area contributed by atoms with Gasteiger partial charge < -0.3 is 15.1 Å². The highest BCUT2D eigenvalue weighted by atomic mass is 35.5. The molecule has 4 rings (SSSR count). The predicted octanol–water partition coefficient (Wildman–Crippen LogP) is 5.09. The fraction of sp³-hybridized carbons (Fsp3) is 0.0833. The van der Waals surface area contributed by atoms with Crippen molar-refractivity contribution in [1.29, 1.82) is 0 Å². The van der Waals surface area contributed by atoms with Crippen molar-refractivity contribution in [3.8, 4) is 0 Å². The van der Waals surface area contributed by atoms with E-state index in [2.05, 4.69) is 0 Å². The molecule has 6 heteroatoms. The molecule has 1 aliphatic rings. The summed E-state index contributed by atoms with van der Waals surface area (Å²) in [4.78, 5) is 25.8. The van der Waals surface area contributed by atoms with Crippen LogP contribution in [0, 0.1) is 0 Å². The molecule has 0 bridgehead atoms. The maximum atomic E-state index is 13.0. The summed E-state index contributed by atoms with van der Waals surface area (Å²) in [5.74, 6) is -1.80. The Labute approximate surface area is 178 Å². The highest BCUT2D eigenvalue weighted by Gasteiger charge is 2.40. The average molecular weight is 420 g/mol. The maximum Gasteiger partial charge on any atom is 0.335 e. The van der Waals surface area contributed by atoms with E-state index in [0.29, 0.717) is 16.2 Å². The van der Waals surface area contributed by atoms with Gasteiger partial charge in [0.25, 0.3) is 5.91 Å². The summed E-state index contributed by atoms with van der Waals surface area (Å²) in [6.07, 6.45) is 0. The van der Waals surface area contributed by atoms with Gasteiger partial charge in [-0.2, -0.15) is 0 Å². The fourth-order valence-electron chi connectivity index (χ4n) is 3.67. The van der Waals surface area contributed by atoms with Crippen molar-refractivity contribution < 1.29 is 19.8 Å². The van der Waals surface area contributed by atoms with Crippen LogP contribution in [0.4, 0.5) is 0 Å². The van der Waals surface area contributed by atoms with Gasteiger partial charge in [0, 0.05) is 17.1 Å². The van der Waals surface area contributed by atoms with E-state index in [1.165, 1.54) is 12.1 Å². The molecule has 3 aromatic rings. The number of carbonyl (C=O) groups excluding carboxylic acids is 1. The summed E-state index contributed by atoms with van der Waals surface area (Å²) in [7, 11) is 0. The predicted molar refractivity (Wildman–Crippen MR) is 114 cm³/mol. The molecule has 3 aromatic carbocycles. The number of rotatable bonds is 5. The lowest BCUT2D eigenvalue weighted by molar-refractivity contribution is -0.130. The topological polar surface area (TPSA) is 77.8 Å². The number of benzene rings is 3. The lowest BCUT2D eigenvalue weighted by Crippen LogP contribution is -2.29. The number of halogens is 1. The fourth-order valence-corrected chi connectivity index (χ4v) is 3.80.